The number of carbonyl (C=O) groups is 1. The van der Waals surface area contributed by atoms with Crippen molar-refractivity contribution in [2.24, 2.45) is 0 Å². The van der Waals surface area contributed by atoms with Crippen molar-refractivity contribution in [1.29, 1.82) is 0 Å². The summed E-state index contributed by atoms with van der Waals surface area (Å²) >= 11 is 14.3. The summed E-state index contributed by atoms with van der Waals surface area (Å²) in [4.78, 5) is 18.8. The lowest BCUT2D eigenvalue weighted by molar-refractivity contribution is -0.135. The lowest BCUT2D eigenvalue weighted by atomic mass is 9.90. The van der Waals surface area contributed by atoms with E-state index in [0.29, 0.717) is 6.54 Å². The molecule has 0 spiro atoms. The lowest BCUT2D eigenvalue weighted by Crippen LogP contribution is -2.64. The molecule has 0 atom stereocenters. The largest absolute Gasteiger partial charge is 0.350 e. The van der Waals surface area contributed by atoms with Crippen LogP contribution in [0.25, 0.3) is 0 Å². The molecule has 1 aliphatic carbocycles. The van der Waals surface area contributed by atoms with Crippen molar-refractivity contribution >= 4 is 82.0 Å². The molecule has 37 heavy (non-hydrogen) atoms. The number of amides is 1. The molecule has 1 saturated heterocycles. The van der Waals surface area contributed by atoms with Crippen LogP contribution in [-0.2, 0) is 30.7 Å². The van der Waals surface area contributed by atoms with Crippen LogP contribution >= 0.6 is 76.1 Å². The number of hydrogen-bond acceptors (Lipinski definition) is 3. The van der Waals surface area contributed by atoms with Gasteiger partial charge in [-0.15, -0.1) is 12.4 Å². The minimum atomic E-state index is -0.544. The van der Waals surface area contributed by atoms with E-state index in [2.05, 4.69) is 133 Å². The Balaban J connectivity index is 0.00000320. The van der Waals surface area contributed by atoms with Gasteiger partial charge in [0, 0.05) is 70.0 Å². The SMILES string of the molecule is Cl.O=C(NCc1cc(Br)cc(Br)c1)C1(N2CCN(Cc3cc(Br)cc(Br)c3)CC2)Cc2ccccc2C1. The zero-order chi connectivity index (χ0) is 25.3. The lowest BCUT2D eigenvalue weighted by Gasteiger charge is -2.45. The average Bonchev–Trinajstić information content (AvgIpc) is 3.23. The van der Waals surface area contributed by atoms with Gasteiger partial charge >= 0.3 is 0 Å². The second-order valence-electron chi connectivity index (χ2n) is 9.66. The molecule has 0 bridgehead atoms. The number of nitrogens with zero attached hydrogens (tertiary/aromatic N) is 2. The van der Waals surface area contributed by atoms with Gasteiger partial charge in [0.2, 0.25) is 5.91 Å². The first-order valence-corrected chi connectivity index (χ1v) is 15.2. The van der Waals surface area contributed by atoms with Crippen LogP contribution in [0.5, 0.6) is 0 Å². The smallest absolute Gasteiger partial charge is 0.241 e. The molecule has 1 heterocycles. The molecule has 5 rings (SSSR count). The van der Waals surface area contributed by atoms with E-state index in [0.717, 1.165) is 69.0 Å². The van der Waals surface area contributed by atoms with Crippen LogP contribution < -0.4 is 5.32 Å². The fourth-order valence-corrected chi connectivity index (χ4v) is 8.25. The van der Waals surface area contributed by atoms with Gasteiger partial charge in [-0.3, -0.25) is 14.6 Å². The second-order valence-corrected chi connectivity index (χ2v) is 13.3. The van der Waals surface area contributed by atoms with Crippen LogP contribution in [0.4, 0.5) is 0 Å². The molecule has 0 saturated carbocycles. The highest BCUT2D eigenvalue weighted by molar-refractivity contribution is 9.11. The molecular weight excluding hydrogens is 749 g/mol. The Bertz CT molecular complexity index is 1210. The number of hydrogen-bond donors (Lipinski definition) is 1. The Morgan fingerprint density at radius 3 is 1.76 bits per heavy atom. The maximum absolute atomic E-state index is 13.9. The third-order valence-corrected chi connectivity index (χ3v) is 9.02. The van der Waals surface area contributed by atoms with Crippen LogP contribution in [0.15, 0.2) is 78.6 Å². The standard InChI is InChI=1S/C28H27Br4N3O.ClH/c29-23-9-19(10-24(30)13-23)17-33-27(36)28(15-21-3-1-2-4-22(21)16-28)35-7-5-34(6-8-35)18-20-11-25(31)14-26(32)12-20;/h1-4,9-14H,5-8,15-18H2,(H,33,36);1H. The normalized spacial score (nSPS) is 17.2. The molecule has 1 aliphatic heterocycles. The van der Waals surface area contributed by atoms with Crippen molar-refractivity contribution in [2.75, 3.05) is 26.2 Å². The number of benzene rings is 3. The van der Waals surface area contributed by atoms with Gasteiger partial charge < -0.3 is 5.32 Å². The molecular formula is C28H28Br4ClN3O. The highest BCUT2D eigenvalue weighted by Crippen LogP contribution is 2.36. The van der Waals surface area contributed by atoms with E-state index >= 15 is 0 Å². The summed E-state index contributed by atoms with van der Waals surface area (Å²) in [7, 11) is 0. The Labute approximate surface area is 258 Å². The zero-order valence-electron chi connectivity index (χ0n) is 20.2. The van der Waals surface area contributed by atoms with Crippen molar-refractivity contribution in [2.45, 2.75) is 31.5 Å². The zero-order valence-corrected chi connectivity index (χ0v) is 27.3. The summed E-state index contributed by atoms with van der Waals surface area (Å²) in [5.41, 5.74) is 4.39. The molecule has 4 nitrogen and oxygen atoms in total. The van der Waals surface area contributed by atoms with Crippen LogP contribution in [0.2, 0.25) is 0 Å². The Kier molecular flexibility index (Phi) is 9.98. The highest BCUT2D eigenvalue weighted by atomic mass is 79.9. The average molecular weight is 778 g/mol. The molecule has 196 valence electrons. The second kappa shape index (κ2) is 12.6. The molecule has 0 aromatic heterocycles. The number of fused-ring (bicyclic) bond motifs is 1. The van der Waals surface area contributed by atoms with Gasteiger partial charge in [-0.1, -0.05) is 88.0 Å². The summed E-state index contributed by atoms with van der Waals surface area (Å²) in [6.07, 6.45) is 1.52. The number of carbonyl (C=O) groups excluding carboxylic acids is 1. The first kappa shape index (κ1) is 29.2. The van der Waals surface area contributed by atoms with E-state index in [1.54, 1.807) is 0 Å². The van der Waals surface area contributed by atoms with E-state index < -0.39 is 5.54 Å². The van der Waals surface area contributed by atoms with Crippen LogP contribution in [0.1, 0.15) is 22.3 Å². The summed E-state index contributed by atoms with van der Waals surface area (Å²) in [6, 6.07) is 21.1. The summed E-state index contributed by atoms with van der Waals surface area (Å²) in [6.45, 7) is 5.04. The predicted octanol–water partition coefficient (Wildman–Crippen LogP) is 7.13. The van der Waals surface area contributed by atoms with Gasteiger partial charge in [0.05, 0.1) is 0 Å². The van der Waals surface area contributed by atoms with Crippen molar-refractivity contribution in [3.8, 4) is 0 Å². The fraction of sp³-hybridized carbons (Fsp3) is 0.321. The molecule has 1 fully saturated rings. The van der Waals surface area contributed by atoms with Crippen molar-refractivity contribution in [3.05, 3.63) is 101 Å². The number of rotatable bonds is 6. The molecule has 9 heteroatoms. The van der Waals surface area contributed by atoms with E-state index in [9.17, 15) is 4.79 Å². The van der Waals surface area contributed by atoms with Crippen molar-refractivity contribution < 1.29 is 4.79 Å². The third-order valence-electron chi connectivity index (χ3n) is 7.19. The molecule has 3 aromatic carbocycles. The molecule has 1 N–H and O–H groups in total. The van der Waals surface area contributed by atoms with E-state index in [1.165, 1.54) is 16.7 Å². The van der Waals surface area contributed by atoms with Gasteiger partial charge in [0.25, 0.3) is 0 Å². The van der Waals surface area contributed by atoms with Gasteiger partial charge in [-0.05, 0) is 58.7 Å². The molecule has 2 aliphatic rings. The first-order valence-electron chi connectivity index (χ1n) is 12.0. The minimum absolute atomic E-state index is 0. The molecule has 0 unspecified atom stereocenters. The van der Waals surface area contributed by atoms with E-state index in [4.69, 9.17) is 0 Å². The van der Waals surface area contributed by atoms with Gasteiger partial charge in [-0.2, -0.15) is 0 Å². The summed E-state index contributed by atoms with van der Waals surface area (Å²) in [5.74, 6) is 0.124. The Morgan fingerprint density at radius 2 is 1.24 bits per heavy atom. The van der Waals surface area contributed by atoms with Crippen molar-refractivity contribution in [1.82, 2.24) is 15.1 Å². The number of halogens is 5. The van der Waals surface area contributed by atoms with Gasteiger partial charge in [-0.25, -0.2) is 0 Å². The molecule has 0 radical (unpaired) electrons. The molecule has 1 amide bonds. The fourth-order valence-electron chi connectivity index (χ4n) is 5.48. The van der Waals surface area contributed by atoms with Crippen LogP contribution in [0.3, 0.4) is 0 Å². The van der Waals surface area contributed by atoms with Gasteiger partial charge in [0.15, 0.2) is 0 Å². The Morgan fingerprint density at radius 1 is 0.757 bits per heavy atom. The minimum Gasteiger partial charge on any atom is -0.350 e. The van der Waals surface area contributed by atoms with E-state index in [1.807, 2.05) is 6.07 Å². The van der Waals surface area contributed by atoms with Crippen molar-refractivity contribution in [3.63, 3.8) is 0 Å². The first-order chi connectivity index (χ1) is 17.3. The number of nitrogens with one attached hydrogen (secondary N) is 1. The predicted molar refractivity (Wildman–Crippen MR) is 166 cm³/mol. The third kappa shape index (κ3) is 6.89. The monoisotopic (exact) mass is 773 g/mol. The number of piperazine rings is 1. The summed E-state index contributed by atoms with van der Waals surface area (Å²) < 4.78 is 4.17. The maximum Gasteiger partial charge on any atom is 0.241 e. The molecule has 3 aromatic rings. The maximum atomic E-state index is 13.9. The Hall–Kier alpha value is -0.740. The van der Waals surface area contributed by atoms with Crippen LogP contribution in [-0.4, -0.2) is 47.4 Å². The highest BCUT2D eigenvalue weighted by Gasteiger charge is 2.48. The van der Waals surface area contributed by atoms with Crippen LogP contribution in [0, 0.1) is 0 Å². The quantitative estimate of drug-likeness (QED) is 0.290. The topological polar surface area (TPSA) is 35.6 Å². The summed E-state index contributed by atoms with van der Waals surface area (Å²) in [5, 5.41) is 3.29. The van der Waals surface area contributed by atoms with Gasteiger partial charge in [0.1, 0.15) is 5.54 Å². The van der Waals surface area contributed by atoms with E-state index in [-0.39, 0.29) is 18.3 Å².